The van der Waals surface area contributed by atoms with Crippen molar-refractivity contribution in [2.45, 2.75) is 76.0 Å². The summed E-state index contributed by atoms with van der Waals surface area (Å²) in [4.78, 5) is -0.155. The molecule has 0 atom stereocenters. The Hall–Kier alpha value is -0.414. The number of hydrogen-bond acceptors (Lipinski definition) is 4. The first-order valence-electron chi connectivity index (χ1n) is 10.5. The molecule has 0 aromatic heterocycles. The summed E-state index contributed by atoms with van der Waals surface area (Å²) in [7, 11) is -4.38. The van der Waals surface area contributed by atoms with E-state index in [0.29, 0.717) is 17.7 Å². The third-order valence-electron chi connectivity index (χ3n) is 4.97. The molecule has 30 heavy (non-hydrogen) atoms. The van der Waals surface area contributed by atoms with E-state index in [9.17, 15) is 18.1 Å². The monoisotopic (exact) mass is 458 g/mol. The van der Waals surface area contributed by atoms with Gasteiger partial charge in [-0.15, -0.1) is 0 Å². The van der Waals surface area contributed by atoms with Crippen LogP contribution in [-0.4, -0.2) is 13.0 Å². The molecule has 2 rings (SSSR count). The molecule has 0 aliphatic rings. The van der Waals surface area contributed by atoms with Crippen LogP contribution in [0.25, 0.3) is 0 Å². The predicted molar refractivity (Wildman–Crippen MR) is 113 cm³/mol. The second-order valence-corrected chi connectivity index (χ2v) is 8.73. The molecule has 0 saturated carbocycles. The van der Waals surface area contributed by atoms with Crippen LogP contribution in [0, 0.1) is 0 Å². The molecular weight excluding hydrogens is 427 g/mol. The van der Waals surface area contributed by atoms with Gasteiger partial charge in [0.25, 0.3) is 10.1 Å². The van der Waals surface area contributed by atoms with Gasteiger partial charge < -0.3 is 9.84 Å². The van der Waals surface area contributed by atoms with Gasteiger partial charge in [-0.1, -0.05) is 88.3 Å². The molecule has 5 nitrogen and oxygen atoms in total. The summed E-state index contributed by atoms with van der Waals surface area (Å²) < 4.78 is 39.0. The molecule has 7 heteroatoms. The van der Waals surface area contributed by atoms with Gasteiger partial charge in [-0.2, -0.15) is 8.42 Å². The maximum absolute atomic E-state index is 12.0. The SMILES string of the molecule is CCCCCCCCCCCc1c(Oc2ccccc2[O-])cccc1S(=O)(=O)O.[K+]. The smallest absolute Gasteiger partial charge is 0.870 e. The van der Waals surface area contributed by atoms with Crippen molar-refractivity contribution in [1.29, 1.82) is 0 Å². The molecule has 0 saturated heterocycles. The average molecular weight is 459 g/mol. The van der Waals surface area contributed by atoms with E-state index >= 15 is 0 Å². The molecule has 1 N–H and O–H groups in total. The fourth-order valence-corrected chi connectivity index (χ4v) is 4.16. The zero-order chi connectivity index (χ0) is 21.1. The summed E-state index contributed by atoms with van der Waals surface area (Å²) in [6.45, 7) is 2.21. The van der Waals surface area contributed by atoms with E-state index in [1.807, 2.05) is 0 Å². The Morgan fingerprint density at radius 2 is 1.40 bits per heavy atom. The standard InChI is InChI=1S/C23H32O5S.K/c1-2-3-4-5-6-7-8-9-10-14-19-21(17-13-18-23(19)29(25,26)27)28-22-16-12-11-15-20(22)24;/h11-13,15-18,24H,2-10,14H2,1H3,(H,25,26,27);/q;+1/p-1. The molecule has 2 aromatic rings. The van der Waals surface area contributed by atoms with Crippen molar-refractivity contribution in [3.05, 3.63) is 48.0 Å². The molecule has 0 bridgehead atoms. The third-order valence-corrected chi connectivity index (χ3v) is 5.91. The number of hydrogen-bond donors (Lipinski definition) is 1. The largest absolute Gasteiger partial charge is 1.00 e. The van der Waals surface area contributed by atoms with Gasteiger partial charge in [0.05, 0.1) is 0 Å². The Balaban J connectivity index is 0.00000450. The van der Waals surface area contributed by atoms with Crippen LogP contribution in [0.2, 0.25) is 0 Å². The van der Waals surface area contributed by atoms with Crippen LogP contribution in [0.1, 0.15) is 70.3 Å². The van der Waals surface area contributed by atoms with Crippen molar-refractivity contribution >= 4 is 10.1 Å². The Bertz CT molecular complexity index is 868. The van der Waals surface area contributed by atoms with Crippen LogP contribution in [0.3, 0.4) is 0 Å². The minimum atomic E-state index is -4.38. The predicted octanol–water partition coefficient (Wildman–Crippen LogP) is 2.88. The van der Waals surface area contributed by atoms with Crippen LogP contribution in [0.5, 0.6) is 17.2 Å². The summed E-state index contributed by atoms with van der Waals surface area (Å²) in [5, 5.41) is 12.0. The molecule has 0 amide bonds. The van der Waals surface area contributed by atoms with E-state index in [0.717, 1.165) is 19.3 Å². The Morgan fingerprint density at radius 1 is 0.833 bits per heavy atom. The Morgan fingerprint density at radius 3 is 2.00 bits per heavy atom. The first kappa shape index (κ1) is 27.6. The molecular formula is C23H31KO5S. The van der Waals surface area contributed by atoms with E-state index in [4.69, 9.17) is 4.74 Å². The molecule has 2 aromatic carbocycles. The zero-order valence-electron chi connectivity index (χ0n) is 18.1. The number of ether oxygens (including phenoxy) is 1. The molecule has 0 aliphatic heterocycles. The van der Waals surface area contributed by atoms with Crippen molar-refractivity contribution in [3.8, 4) is 17.2 Å². The Labute approximate surface area is 223 Å². The fraction of sp³-hybridized carbons (Fsp3) is 0.478. The van der Waals surface area contributed by atoms with Crippen molar-refractivity contribution in [2.24, 2.45) is 0 Å². The summed E-state index contributed by atoms with van der Waals surface area (Å²) in [6, 6.07) is 10.7. The van der Waals surface area contributed by atoms with Gasteiger partial charge in [-0.25, -0.2) is 0 Å². The van der Waals surface area contributed by atoms with Crippen molar-refractivity contribution in [1.82, 2.24) is 0 Å². The number of benzene rings is 2. The maximum Gasteiger partial charge on any atom is 1.00 e. The van der Waals surface area contributed by atoms with Gasteiger partial charge in [0.2, 0.25) is 0 Å². The second kappa shape index (κ2) is 14.6. The summed E-state index contributed by atoms with van der Waals surface area (Å²) >= 11 is 0. The van der Waals surface area contributed by atoms with Crippen LogP contribution >= 0.6 is 0 Å². The number of unbranched alkanes of at least 4 members (excludes halogenated alkanes) is 8. The van der Waals surface area contributed by atoms with E-state index in [2.05, 4.69) is 6.92 Å². The minimum absolute atomic E-state index is 0. The molecule has 160 valence electrons. The minimum Gasteiger partial charge on any atom is -0.870 e. The van der Waals surface area contributed by atoms with E-state index in [1.54, 1.807) is 24.3 Å². The quantitative estimate of drug-likeness (QED) is 0.283. The van der Waals surface area contributed by atoms with Gasteiger partial charge in [0.1, 0.15) is 16.4 Å². The van der Waals surface area contributed by atoms with Crippen molar-refractivity contribution in [3.63, 3.8) is 0 Å². The maximum atomic E-state index is 12.0. The number of rotatable bonds is 13. The van der Waals surface area contributed by atoms with Gasteiger partial charge in [0.15, 0.2) is 0 Å². The molecule has 0 spiro atoms. The third kappa shape index (κ3) is 9.38. The van der Waals surface area contributed by atoms with Gasteiger partial charge in [-0.05, 0) is 31.0 Å². The molecule has 0 radical (unpaired) electrons. The average Bonchev–Trinajstić information content (AvgIpc) is 2.68. The topological polar surface area (TPSA) is 86.7 Å². The van der Waals surface area contributed by atoms with Crippen molar-refractivity contribution in [2.75, 3.05) is 0 Å². The Kier molecular flexibility index (Phi) is 13.5. The molecule has 0 heterocycles. The van der Waals surface area contributed by atoms with Crippen LogP contribution in [0.15, 0.2) is 47.4 Å². The second-order valence-electron chi connectivity index (χ2n) is 7.34. The first-order valence-corrected chi connectivity index (χ1v) is 11.9. The van der Waals surface area contributed by atoms with E-state index in [1.165, 1.54) is 56.7 Å². The summed E-state index contributed by atoms with van der Waals surface area (Å²) in [6.07, 6.45) is 10.8. The van der Waals surface area contributed by atoms with Crippen LogP contribution in [-0.2, 0) is 16.5 Å². The van der Waals surface area contributed by atoms with Crippen LogP contribution < -0.4 is 61.2 Å². The van der Waals surface area contributed by atoms with E-state index < -0.39 is 10.1 Å². The molecule has 0 unspecified atom stereocenters. The summed E-state index contributed by atoms with van der Waals surface area (Å²) in [5.41, 5.74) is 0.418. The van der Waals surface area contributed by atoms with Gasteiger partial charge in [-0.3, -0.25) is 4.55 Å². The van der Waals surface area contributed by atoms with Gasteiger partial charge >= 0.3 is 51.4 Å². The van der Waals surface area contributed by atoms with Gasteiger partial charge in [0, 0.05) is 5.56 Å². The first-order chi connectivity index (χ1) is 13.9. The molecule has 0 fully saturated rings. The number of para-hydroxylation sites is 2. The van der Waals surface area contributed by atoms with Crippen molar-refractivity contribution < 1.29 is 74.2 Å². The molecule has 0 aliphatic carbocycles. The normalized spacial score (nSPS) is 11.1. The summed E-state index contributed by atoms with van der Waals surface area (Å²) in [5.74, 6) is 0.148. The van der Waals surface area contributed by atoms with Crippen LogP contribution in [0.4, 0.5) is 0 Å². The van der Waals surface area contributed by atoms with E-state index in [-0.39, 0.29) is 67.8 Å². The fourth-order valence-electron chi connectivity index (χ4n) is 3.39. The zero-order valence-corrected chi connectivity index (χ0v) is 22.0.